The van der Waals surface area contributed by atoms with Gasteiger partial charge in [-0.1, -0.05) is 5.11 Å². The predicted molar refractivity (Wildman–Crippen MR) is 64.6 cm³/mol. The quantitative estimate of drug-likeness (QED) is 0.266. The molecule has 0 saturated carbocycles. The highest BCUT2D eigenvalue weighted by atomic mass is 32.1. The zero-order valence-corrected chi connectivity index (χ0v) is 10.2. The molecule has 0 amide bonds. The molecule has 0 saturated heterocycles. The first-order chi connectivity index (χ1) is 8.22. The summed E-state index contributed by atoms with van der Waals surface area (Å²) in [6, 6.07) is 0. The van der Waals surface area contributed by atoms with Gasteiger partial charge in [-0.25, -0.2) is 4.79 Å². The van der Waals surface area contributed by atoms with E-state index in [1.165, 1.54) is 24.5 Å². The van der Waals surface area contributed by atoms with E-state index in [-0.39, 0.29) is 12.3 Å². The maximum Gasteiger partial charge on any atom is 0.340 e. The van der Waals surface area contributed by atoms with Crippen LogP contribution in [0.15, 0.2) is 21.6 Å². The fraction of sp³-hybridized carbons (Fsp3) is 0.300. The molecule has 0 bridgehead atoms. The summed E-state index contributed by atoms with van der Waals surface area (Å²) in [7, 11) is 1.52. The molecular formula is C10H11N3O3S. The fourth-order valence-corrected chi connectivity index (χ4v) is 1.85. The highest BCUT2D eigenvalue weighted by Gasteiger charge is 2.10. The van der Waals surface area contributed by atoms with Crippen LogP contribution in [0.4, 0.5) is 0 Å². The molecule has 0 aliphatic heterocycles. The Kier molecular flexibility index (Phi) is 5.06. The lowest BCUT2D eigenvalue weighted by atomic mass is 10.2. The second-order valence-electron chi connectivity index (χ2n) is 2.83. The van der Waals surface area contributed by atoms with Crippen molar-refractivity contribution < 1.29 is 14.3 Å². The summed E-state index contributed by atoms with van der Waals surface area (Å²) in [4.78, 5) is 14.1. The molecule has 0 atom stereocenters. The smallest absolute Gasteiger partial charge is 0.340 e. The van der Waals surface area contributed by atoms with Crippen LogP contribution < -0.4 is 4.74 Å². The number of rotatable bonds is 5. The summed E-state index contributed by atoms with van der Waals surface area (Å²) >= 11 is 1.42. The summed E-state index contributed by atoms with van der Waals surface area (Å²) in [5.41, 5.74) is 8.97. The third kappa shape index (κ3) is 3.51. The van der Waals surface area contributed by atoms with E-state index in [9.17, 15) is 4.79 Å². The van der Waals surface area contributed by atoms with Crippen LogP contribution in [0.2, 0.25) is 0 Å². The number of hydrogen-bond donors (Lipinski definition) is 0. The number of ether oxygens (including phenoxy) is 2. The van der Waals surface area contributed by atoms with Gasteiger partial charge in [0.2, 0.25) is 0 Å². The van der Waals surface area contributed by atoms with Crippen LogP contribution in [0, 0.1) is 0 Å². The topological polar surface area (TPSA) is 84.3 Å². The molecule has 1 heterocycles. The molecule has 1 aromatic heterocycles. The zero-order chi connectivity index (χ0) is 12.7. The number of thiophene rings is 1. The molecule has 0 aromatic carbocycles. The predicted octanol–water partition coefficient (Wildman–Crippen LogP) is 2.97. The van der Waals surface area contributed by atoms with E-state index in [0.717, 1.165) is 0 Å². The van der Waals surface area contributed by atoms with Crippen molar-refractivity contribution in [2.45, 2.75) is 6.92 Å². The van der Waals surface area contributed by atoms with E-state index in [4.69, 9.17) is 15.0 Å². The van der Waals surface area contributed by atoms with Crippen molar-refractivity contribution in [3.05, 3.63) is 32.5 Å². The molecule has 0 N–H and O–H groups in total. The average Bonchev–Trinajstić information content (AvgIpc) is 2.76. The van der Waals surface area contributed by atoms with Gasteiger partial charge in [0.05, 0.1) is 13.7 Å². The highest BCUT2D eigenvalue weighted by molar-refractivity contribution is 7.08. The summed E-state index contributed by atoms with van der Waals surface area (Å²) in [6.45, 7) is 1.90. The Morgan fingerprint density at radius 3 is 3.00 bits per heavy atom. The minimum absolute atomic E-state index is 0.0916. The van der Waals surface area contributed by atoms with Gasteiger partial charge in [0.1, 0.15) is 11.4 Å². The van der Waals surface area contributed by atoms with Crippen LogP contribution in [0.25, 0.3) is 16.5 Å². The molecule has 0 aliphatic carbocycles. The SMILES string of the molecule is CCOC(=O)/C(=C/c1cscc1OC)N=[N+]=[N-]. The molecule has 0 unspecified atom stereocenters. The molecule has 17 heavy (non-hydrogen) atoms. The third-order valence-electron chi connectivity index (χ3n) is 1.80. The zero-order valence-electron chi connectivity index (χ0n) is 9.41. The molecule has 1 rings (SSSR count). The third-order valence-corrected chi connectivity index (χ3v) is 2.54. The molecule has 90 valence electrons. The van der Waals surface area contributed by atoms with E-state index in [2.05, 4.69) is 10.0 Å². The van der Waals surface area contributed by atoms with E-state index in [0.29, 0.717) is 11.3 Å². The molecule has 0 aliphatic rings. The minimum atomic E-state index is -0.654. The maximum atomic E-state index is 11.5. The Labute approximate surface area is 102 Å². The minimum Gasteiger partial charge on any atom is -0.495 e. The van der Waals surface area contributed by atoms with Gasteiger partial charge in [-0.2, -0.15) is 0 Å². The maximum absolute atomic E-state index is 11.5. The Hall–Kier alpha value is -1.98. The molecular weight excluding hydrogens is 242 g/mol. The Morgan fingerprint density at radius 1 is 1.65 bits per heavy atom. The van der Waals surface area contributed by atoms with Crippen LogP contribution in [-0.4, -0.2) is 19.7 Å². The number of carbonyl (C=O) groups is 1. The lowest BCUT2D eigenvalue weighted by Crippen LogP contribution is -2.05. The van der Waals surface area contributed by atoms with Crippen molar-refractivity contribution in [3.8, 4) is 5.75 Å². The van der Waals surface area contributed by atoms with Crippen LogP contribution in [0.1, 0.15) is 12.5 Å². The number of esters is 1. The average molecular weight is 253 g/mol. The molecule has 0 fully saturated rings. The highest BCUT2D eigenvalue weighted by Crippen LogP contribution is 2.26. The first-order valence-electron chi connectivity index (χ1n) is 4.77. The largest absolute Gasteiger partial charge is 0.495 e. The lowest BCUT2D eigenvalue weighted by molar-refractivity contribution is -0.138. The van der Waals surface area contributed by atoms with Crippen molar-refractivity contribution >= 4 is 23.4 Å². The van der Waals surface area contributed by atoms with Crippen molar-refractivity contribution in [3.63, 3.8) is 0 Å². The number of hydrogen-bond acceptors (Lipinski definition) is 5. The van der Waals surface area contributed by atoms with Gasteiger partial charge in [0.15, 0.2) is 0 Å². The molecule has 0 radical (unpaired) electrons. The van der Waals surface area contributed by atoms with Gasteiger partial charge in [-0.3, -0.25) is 0 Å². The molecule has 6 nitrogen and oxygen atoms in total. The van der Waals surface area contributed by atoms with Crippen LogP contribution in [0.5, 0.6) is 5.75 Å². The van der Waals surface area contributed by atoms with Gasteiger partial charge >= 0.3 is 5.97 Å². The number of carbonyl (C=O) groups excluding carboxylic acids is 1. The lowest BCUT2D eigenvalue weighted by Gasteiger charge is -2.01. The summed E-state index contributed by atoms with van der Waals surface area (Å²) < 4.78 is 9.85. The van der Waals surface area contributed by atoms with Crippen molar-refractivity contribution in [1.82, 2.24) is 0 Å². The summed E-state index contributed by atoms with van der Waals surface area (Å²) in [6.07, 6.45) is 1.44. The molecule has 7 heteroatoms. The van der Waals surface area contributed by atoms with Gasteiger partial charge < -0.3 is 9.47 Å². The summed E-state index contributed by atoms with van der Waals surface area (Å²) in [5, 5.41) is 6.87. The Balaban J connectivity index is 3.06. The van der Waals surface area contributed by atoms with Gasteiger partial charge in [0, 0.05) is 21.2 Å². The normalized spacial score (nSPS) is 10.6. The van der Waals surface area contributed by atoms with Gasteiger partial charge in [-0.05, 0) is 18.5 Å². The Bertz CT molecular complexity index is 475. The van der Waals surface area contributed by atoms with Crippen LogP contribution in [-0.2, 0) is 9.53 Å². The number of methoxy groups -OCH3 is 1. The Morgan fingerprint density at radius 2 is 2.41 bits per heavy atom. The molecule has 0 spiro atoms. The fourth-order valence-electron chi connectivity index (χ4n) is 1.10. The van der Waals surface area contributed by atoms with E-state index in [1.807, 2.05) is 0 Å². The number of azide groups is 1. The van der Waals surface area contributed by atoms with Crippen LogP contribution >= 0.6 is 11.3 Å². The standard InChI is InChI=1S/C10H11N3O3S/c1-3-16-10(14)8(12-13-11)4-7-5-17-6-9(7)15-2/h4-6H,3H2,1-2H3/b8-4-. The molecule has 1 aromatic rings. The van der Waals surface area contributed by atoms with E-state index < -0.39 is 5.97 Å². The first kappa shape index (κ1) is 13.1. The monoisotopic (exact) mass is 253 g/mol. The van der Waals surface area contributed by atoms with E-state index in [1.54, 1.807) is 17.7 Å². The van der Waals surface area contributed by atoms with Crippen molar-refractivity contribution in [2.75, 3.05) is 13.7 Å². The first-order valence-corrected chi connectivity index (χ1v) is 5.71. The van der Waals surface area contributed by atoms with E-state index >= 15 is 0 Å². The van der Waals surface area contributed by atoms with Crippen molar-refractivity contribution in [2.24, 2.45) is 5.11 Å². The van der Waals surface area contributed by atoms with Gasteiger partial charge in [0.25, 0.3) is 0 Å². The summed E-state index contributed by atoms with van der Waals surface area (Å²) in [5.74, 6) is -0.0384. The van der Waals surface area contributed by atoms with Crippen molar-refractivity contribution in [1.29, 1.82) is 0 Å². The van der Waals surface area contributed by atoms with Crippen LogP contribution in [0.3, 0.4) is 0 Å². The second-order valence-corrected chi connectivity index (χ2v) is 3.58. The number of nitrogens with zero attached hydrogens (tertiary/aromatic N) is 3. The van der Waals surface area contributed by atoms with Gasteiger partial charge in [-0.15, -0.1) is 11.3 Å². The second kappa shape index (κ2) is 6.57.